The van der Waals surface area contributed by atoms with Crippen molar-refractivity contribution in [2.45, 2.75) is 25.5 Å². The first-order valence-corrected chi connectivity index (χ1v) is 8.12. The van der Waals surface area contributed by atoms with Crippen LogP contribution in [0.5, 0.6) is 0 Å². The second kappa shape index (κ2) is 6.76. The maximum absolute atomic E-state index is 10.9. The normalized spacial score (nSPS) is 12.3. The molecule has 2 rings (SSSR count). The molecular formula is C15H19N3O2S. The summed E-state index contributed by atoms with van der Waals surface area (Å²) in [4.78, 5) is 15.0. The van der Waals surface area contributed by atoms with E-state index in [4.69, 9.17) is 0 Å². The highest BCUT2D eigenvalue weighted by Gasteiger charge is 2.11. The molecule has 0 amide bonds. The summed E-state index contributed by atoms with van der Waals surface area (Å²) in [7, 11) is 0. The molecule has 0 saturated carbocycles. The number of rotatable bonds is 6. The topological polar surface area (TPSA) is 68.1 Å². The van der Waals surface area contributed by atoms with Crippen molar-refractivity contribution in [2.75, 3.05) is 18.1 Å². The molecule has 1 N–H and O–H groups in total. The van der Waals surface area contributed by atoms with Gasteiger partial charge in [-0.05, 0) is 31.7 Å². The van der Waals surface area contributed by atoms with E-state index < -0.39 is 0 Å². The van der Waals surface area contributed by atoms with E-state index in [1.807, 2.05) is 24.8 Å². The number of fused-ring (bicyclic) bond motifs is 1. The van der Waals surface area contributed by atoms with Crippen LogP contribution in [0, 0.1) is 17.0 Å². The van der Waals surface area contributed by atoms with Gasteiger partial charge in [0.2, 0.25) is 0 Å². The van der Waals surface area contributed by atoms with Gasteiger partial charge in [-0.15, -0.1) is 0 Å². The summed E-state index contributed by atoms with van der Waals surface area (Å²) >= 11 is 1.83. The van der Waals surface area contributed by atoms with Gasteiger partial charge in [-0.1, -0.05) is 6.92 Å². The molecule has 2 aromatic rings. The third-order valence-electron chi connectivity index (χ3n) is 3.40. The van der Waals surface area contributed by atoms with Crippen molar-refractivity contribution in [2.24, 2.45) is 0 Å². The van der Waals surface area contributed by atoms with Gasteiger partial charge in [0.05, 0.1) is 10.4 Å². The summed E-state index contributed by atoms with van der Waals surface area (Å²) in [6.07, 6.45) is 3.14. The molecule has 0 aliphatic carbocycles. The van der Waals surface area contributed by atoms with Gasteiger partial charge in [0.25, 0.3) is 5.69 Å². The number of nitrogens with zero attached hydrogens (tertiary/aromatic N) is 2. The van der Waals surface area contributed by atoms with Crippen LogP contribution in [-0.4, -0.2) is 28.0 Å². The highest BCUT2D eigenvalue weighted by Crippen LogP contribution is 2.27. The standard InChI is InChI=1S/C15H19N3O2S/c1-10-8-15(16-7-6-11(2)21-3)13-9-12(18(19)20)4-5-14(13)17-10/h4-5,8-9,11H,6-7H2,1-3H3,(H,16,17). The van der Waals surface area contributed by atoms with Gasteiger partial charge in [-0.3, -0.25) is 15.1 Å². The number of pyridine rings is 1. The fourth-order valence-electron chi connectivity index (χ4n) is 2.13. The van der Waals surface area contributed by atoms with Crippen molar-refractivity contribution in [3.8, 4) is 0 Å². The number of thioether (sulfide) groups is 1. The van der Waals surface area contributed by atoms with Gasteiger partial charge < -0.3 is 5.32 Å². The molecule has 0 saturated heterocycles. The molecule has 0 bridgehead atoms. The molecule has 0 aliphatic rings. The number of nitro groups is 1. The number of nitrogens with one attached hydrogen (secondary N) is 1. The van der Waals surface area contributed by atoms with Crippen LogP contribution in [0.4, 0.5) is 11.4 Å². The molecule has 1 aromatic carbocycles. The fourth-order valence-corrected chi connectivity index (χ4v) is 2.49. The van der Waals surface area contributed by atoms with Crippen LogP contribution in [0.2, 0.25) is 0 Å². The minimum atomic E-state index is -0.376. The zero-order chi connectivity index (χ0) is 15.4. The van der Waals surface area contributed by atoms with E-state index >= 15 is 0 Å². The molecule has 0 aliphatic heterocycles. The second-order valence-electron chi connectivity index (χ2n) is 5.03. The van der Waals surface area contributed by atoms with Gasteiger partial charge in [0.1, 0.15) is 0 Å². The number of anilines is 1. The Morgan fingerprint density at radius 3 is 2.86 bits per heavy atom. The van der Waals surface area contributed by atoms with E-state index in [9.17, 15) is 10.1 Å². The number of hydrogen-bond donors (Lipinski definition) is 1. The van der Waals surface area contributed by atoms with E-state index in [0.29, 0.717) is 5.25 Å². The molecule has 1 aromatic heterocycles. The quantitative estimate of drug-likeness (QED) is 0.645. The Morgan fingerprint density at radius 2 is 2.19 bits per heavy atom. The lowest BCUT2D eigenvalue weighted by atomic mass is 10.1. The SMILES string of the molecule is CSC(C)CCNc1cc(C)nc2ccc([N+](=O)[O-])cc12. The zero-order valence-corrected chi connectivity index (χ0v) is 13.2. The number of benzene rings is 1. The maximum atomic E-state index is 10.9. The smallest absolute Gasteiger partial charge is 0.270 e. The minimum absolute atomic E-state index is 0.0914. The van der Waals surface area contributed by atoms with Crippen LogP contribution in [0.1, 0.15) is 19.0 Å². The van der Waals surface area contributed by atoms with Crippen LogP contribution >= 0.6 is 11.8 Å². The molecule has 5 nitrogen and oxygen atoms in total. The highest BCUT2D eigenvalue weighted by atomic mass is 32.2. The van der Waals surface area contributed by atoms with E-state index in [2.05, 4.69) is 23.5 Å². The van der Waals surface area contributed by atoms with Crippen molar-refractivity contribution in [1.82, 2.24) is 4.98 Å². The Bertz CT molecular complexity index is 661. The van der Waals surface area contributed by atoms with Crippen molar-refractivity contribution in [3.05, 3.63) is 40.1 Å². The van der Waals surface area contributed by atoms with E-state index in [1.165, 1.54) is 6.07 Å². The van der Waals surface area contributed by atoms with E-state index in [0.717, 1.165) is 35.2 Å². The average molecular weight is 305 g/mol. The molecule has 6 heteroatoms. The predicted molar refractivity (Wildman–Crippen MR) is 89.2 cm³/mol. The molecule has 21 heavy (non-hydrogen) atoms. The number of aryl methyl sites for hydroxylation is 1. The first kappa shape index (κ1) is 15.6. The summed E-state index contributed by atoms with van der Waals surface area (Å²) in [5.74, 6) is 0. The van der Waals surface area contributed by atoms with Crippen LogP contribution in [0.25, 0.3) is 10.9 Å². The average Bonchev–Trinajstić information content (AvgIpc) is 2.46. The molecule has 112 valence electrons. The van der Waals surface area contributed by atoms with E-state index in [-0.39, 0.29) is 10.6 Å². The van der Waals surface area contributed by atoms with Crippen LogP contribution < -0.4 is 5.32 Å². The summed E-state index contributed by atoms with van der Waals surface area (Å²) in [5.41, 5.74) is 2.68. The highest BCUT2D eigenvalue weighted by molar-refractivity contribution is 7.99. The summed E-state index contributed by atoms with van der Waals surface area (Å²) in [6, 6.07) is 6.72. The number of hydrogen-bond acceptors (Lipinski definition) is 5. The fraction of sp³-hybridized carbons (Fsp3) is 0.400. The lowest BCUT2D eigenvalue weighted by Gasteiger charge is -2.13. The molecular weight excluding hydrogens is 286 g/mol. The van der Waals surface area contributed by atoms with Gasteiger partial charge in [-0.25, -0.2) is 0 Å². The Hall–Kier alpha value is -1.82. The Labute approximate surface area is 128 Å². The van der Waals surface area contributed by atoms with Crippen molar-refractivity contribution >= 4 is 34.0 Å². The van der Waals surface area contributed by atoms with Crippen LogP contribution in [0.3, 0.4) is 0 Å². The molecule has 1 unspecified atom stereocenters. The monoisotopic (exact) mass is 305 g/mol. The molecule has 1 heterocycles. The van der Waals surface area contributed by atoms with E-state index in [1.54, 1.807) is 12.1 Å². The minimum Gasteiger partial charge on any atom is -0.384 e. The van der Waals surface area contributed by atoms with Gasteiger partial charge in [0.15, 0.2) is 0 Å². The first-order chi connectivity index (χ1) is 10.0. The summed E-state index contributed by atoms with van der Waals surface area (Å²) in [6.45, 7) is 4.95. The largest absolute Gasteiger partial charge is 0.384 e. The molecule has 0 radical (unpaired) electrons. The van der Waals surface area contributed by atoms with Crippen molar-refractivity contribution in [3.63, 3.8) is 0 Å². The van der Waals surface area contributed by atoms with Gasteiger partial charge in [-0.2, -0.15) is 11.8 Å². The van der Waals surface area contributed by atoms with Crippen molar-refractivity contribution < 1.29 is 4.92 Å². The summed E-state index contributed by atoms with van der Waals surface area (Å²) in [5, 5.41) is 15.7. The first-order valence-electron chi connectivity index (χ1n) is 6.83. The third-order valence-corrected chi connectivity index (χ3v) is 4.44. The number of aromatic nitrogens is 1. The Balaban J connectivity index is 2.31. The zero-order valence-electron chi connectivity index (χ0n) is 12.4. The lowest BCUT2D eigenvalue weighted by Crippen LogP contribution is -2.08. The molecule has 1 atom stereocenters. The molecule has 0 fully saturated rings. The van der Waals surface area contributed by atoms with Gasteiger partial charge in [0, 0.05) is 40.7 Å². The third kappa shape index (κ3) is 3.85. The Morgan fingerprint density at radius 1 is 1.43 bits per heavy atom. The number of non-ortho nitro benzene ring substituents is 1. The Kier molecular flexibility index (Phi) is 5.01. The second-order valence-corrected chi connectivity index (χ2v) is 6.31. The lowest BCUT2D eigenvalue weighted by molar-refractivity contribution is -0.384. The predicted octanol–water partition coefficient (Wildman–Crippen LogP) is 4.00. The number of nitro benzene ring substituents is 1. The van der Waals surface area contributed by atoms with Gasteiger partial charge >= 0.3 is 0 Å². The maximum Gasteiger partial charge on any atom is 0.270 e. The van der Waals surface area contributed by atoms with Crippen molar-refractivity contribution in [1.29, 1.82) is 0 Å². The molecule has 0 spiro atoms. The van der Waals surface area contributed by atoms with Crippen LogP contribution in [0.15, 0.2) is 24.3 Å². The summed E-state index contributed by atoms with van der Waals surface area (Å²) < 4.78 is 0. The van der Waals surface area contributed by atoms with Crippen LogP contribution in [-0.2, 0) is 0 Å².